The molecule has 0 unspecified atom stereocenters. The van der Waals surface area contributed by atoms with Crippen LogP contribution in [0.2, 0.25) is 0 Å². The minimum Gasteiger partial charge on any atom is -0.384 e. The Morgan fingerprint density at radius 2 is 1.83 bits per heavy atom. The van der Waals surface area contributed by atoms with E-state index in [-0.39, 0.29) is 23.0 Å². The summed E-state index contributed by atoms with van der Waals surface area (Å²) in [4.78, 5) is 24.4. The highest BCUT2D eigenvalue weighted by atomic mass is 16.3. The molecule has 0 radical (unpaired) electrons. The van der Waals surface area contributed by atoms with Gasteiger partial charge in [-0.25, -0.2) is 0 Å². The highest BCUT2D eigenvalue weighted by Crippen LogP contribution is 2.67. The van der Waals surface area contributed by atoms with Crippen LogP contribution in [0.15, 0.2) is 12.2 Å². The van der Waals surface area contributed by atoms with Gasteiger partial charge in [0.2, 0.25) is 0 Å². The summed E-state index contributed by atoms with van der Waals surface area (Å²) in [5.74, 6) is 1.91. The summed E-state index contributed by atoms with van der Waals surface area (Å²) in [6.45, 7) is 8.56. The highest BCUT2D eigenvalue weighted by Gasteiger charge is 2.65. The average molecular weight is 316 g/mol. The van der Waals surface area contributed by atoms with E-state index in [1.807, 2.05) is 0 Å². The van der Waals surface area contributed by atoms with Crippen LogP contribution < -0.4 is 0 Å². The molecule has 0 aliphatic heterocycles. The predicted octanol–water partition coefficient (Wildman–Crippen LogP) is 3.45. The third-order valence-corrected chi connectivity index (χ3v) is 8.35. The Morgan fingerprint density at radius 1 is 1.09 bits per heavy atom. The van der Waals surface area contributed by atoms with Crippen LogP contribution in [0.5, 0.6) is 0 Å². The third-order valence-electron chi connectivity index (χ3n) is 8.35. The van der Waals surface area contributed by atoms with Gasteiger partial charge in [-0.3, -0.25) is 9.59 Å². The van der Waals surface area contributed by atoms with E-state index in [4.69, 9.17) is 0 Å². The second-order valence-corrected chi connectivity index (χ2v) is 9.10. The normalized spacial score (nSPS) is 52.8. The van der Waals surface area contributed by atoms with Crippen molar-refractivity contribution in [2.45, 2.75) is 70.8 Å². The van der Waals surface area contributed by atoms with E-state index in [0.717, 1.165) is 44.1 Å². The molecule has 4 aliphatic carbocycles. The summed E-state index contributed by atoms with van der Waals surface area (Å²) in [6, 6.07) is 0. The zero-order valence-corrected chi connectivity index (χ0v) is 14.4. The van der Waals surface area contributed by atoms with E-state index in [0.29, 0.717) is 30.0 Å². The molecule has 4 fully saturated rings. The van der Waals surface area contributed by atoms with Crippen LogP contribution in [-0.4, -0.2) is 22.3 Å². The average Bonchev–Trinajstić information content (AvgIpc) is 2.79. The second kappa shape index (κ2) is 4.56. The Labute approximate surface area is 138 Å². The number of aliphatic hydroxyl groups is 1. The van der Waals surface area contributed by atoms with Gasteiger partial charge in [0, 0.05) is 30.1 Å². The summed E-state index contributed by atoms with van der Waals surface area (Å²) in [7, 11) is 0. The monoisotopic (exact) mass is 316 g/mol. The van der Waals surface area contributed by atoms with Gasteiger partial charge < -0.3 is 5.11 Å². The molecule has 0 saturated heterocycles. The molecule has 3 nitrogen and oxygen atoms in total. The van der Waals surface area contributed by atoms with Gasteiger partial charge in [0.15, 0.2) is 0 Å². The number of carbonyl (C=O) groups excluding carboxylic acids is 2. The molecule has 0 spiro atoms. The molecular formula is C20H28O3. The summed E-state index contributed by atoms with van der Waals surface area (Å²) in [5, 5.41) is 11.4. The molecule has 126 valence electrons. The standard InChI is InChI=1S/C20H28O3/c1-12-10-14-15-4-5-17(22)18(15,2)8-7-16(14)19(3)9-6-13(21)11-20(12,19)23/h14-16,23H,1,4-11H2,2-3H3/t14-,15-,16-,18-,19+,20-/m0/s1. The van der Waals surface area contributed by atoms with Crippen molar-refractivity contribution >= 4 is 11.6 Å². The van der Waals surface area contributed by atoms with Gasteiger partial charge in [0.05, 0.1) is 5.60 Å². The van der Waals surface area contributed by atoms with Crippen molar-refractivity contribution in [2.75, 3.05) is 0 Å². The second-order valence-electron chi connectivity index (χ2n) is 9.10. The minimum absolute atomic E-state index is 0.155. The smallest absolute Gasteiger partial charge is 0.139 e. The van der Waals surface area contributed by atoms with Crippen LogP contribution in [-0.2, 0) is 9.59 Å². The Balaban J connectivity index is 1.75. The van der Waals surface area contributed by atoms with Gasteiger partial charge in [0.25, 0.3) is 0 Å². The van der Waals surface area contributed by atoms with E-state index in [1.54, 1.807) is 0 Å². The van der Waals surface area contributed by atoms with E-state index in [9.17, 15) is 14.7 Å². The molecule has 0 amide bonds. The fourth-order valence-corrected chi connectivity index (χ4v) is 6.79. The number of Topliss-reactive ketones (excluding diaryl/α,β-unsaturated/α-hetero) is 2. The molecule has 0 aromatic heterocycles. The fourth-order valence-electron chi connectivity index (χ4n) is 6.79. The zero-order valence-electron chi connectivity index (χ0n) is 14.4. The molecule has 0 aromatic rings. The number of carbonyl (C=O) groups is 2. The van der Waals surface area contributed by atoms with Gasteiger partial charge in [-0.2, -0.15) is 0 Å². The lowest BCUT2D eigenvalue weighted by atomic mass is 9.43. The van der Waals surface area contributed by atoms with Crippen molar-refractivity contribution < 1.29 is 14.7 Å². The number of fused-ring (bicyclic) bond motifs is 5. The van der Waals surface area contributed by atoms with Crippen LogP contribution in [0.4, 0.5) is 0 Å². The van der Waals surface area contributed by atoms with Crippen molar-refractivity contribution in [1.29, 1.82) is 0 Å². The fraction of sp³-hybridized carbons (Fsp3) is 0.800. The predicted molar refractivity (Wildman–Crippen MR) is 87.7 cm³/mol. The highest BCUT2D eigenvalue weighted by molar-refractivity contribution is 5.87. The van der Waals surface area contributed by atoms with Crippen LogP contribution in [0.3, 0.4) is 0 Å². The number of hydrogen-bond donors (Lipinski definition) is 1. The Hall–Kier alpha value is -0.960. The van der Waals surface area contributed by atoms with Crippen LogP contribution in [0, 0.1) is 28.6 Å². The molecule has 4 rings (SSSR count). The van der Waals surface area contributed by atoms with Gasteiger partial charge in [-0.15, -0.1) is 0 Å². The molecule has 0 bridgehead atoms. The minimum atomic E-state index is -1.03. The molecule has 0 aromatic carbocycles. The first-order valence-corrected chi connectivity index (χ1v) is 9.18. The van der Waals surface area contributed by atoms with Crippen molar-refractivity contribution in [2.24, 2.45) is 28.6 Å². The molecule has 6 atom stereocenters. The molecule has 0 heterocycles. The van der Waals surface area contributed by atoms with E-state index in [2.05, 4.69) is 20.4 Å². The summed E-state index contributed by atoms with van der Waals surface area (Å²) >= 11 is 0. The molecular weight excluding hydrogens is 288 g/mol. The quantitative estimate of drug-likeness (QED) is 0.696. The van der Waals surface area contributed by atoms with E-state index >= 15 is 0 Å². The first-order valence-electron chi connectivity index (χ1n) is 9.18. The third kappa shape index (κ3) is 1.75. The lowest BCUT2D eigenvalue weighted by molar-refractivity contribution is -0.177. The maximum atomic E-state index is 12.4. The first kappa shape index (κ1) is 15.6. The van der Waals surface area contributed by atoms with Crippen molar-refractivity contribution in [1.82, 2.24) is 0 Å². The summed E-state index contributed by atoms with van der Waals surface area (Å²) in [5.41, 5.74) is -0.594. The van der Waals surface area contributed by atoms with E-state index < -0.39 is 5.60 Å². The molecule has 4 aliphatic rings. The maximum absolute atomic E-state index is 12.4. The number of rotatable bonds is 0. The SMILES string of the molecule is C=C1C[C@H]2[C@@H]3CCC(=O)[C@@]3(C)CC[C@@H]2[C@@]2(C)CCC(=O)C[C@]12O. The van der Waals surface area contributed by atoms with Crippen LogP contribution in [0.25, 0.3) is 0 Å². The van der Waals surface area contributed by atoms with Gasteiger partial charge in [-0.05, 0) is 55.4 Å². The lowest BCUT2D eigenvalue weighted by Crippen LogP contribution is -2.63. The van der Waals surface area contributed by atoms with Crippen molar-refractivity contribution in [3.05, 3.63) is 12.2 Å². The lowest BCUT2D eigenvalue weighted by Gasteiger charge is -2.63. The van der Waals surface area contributed by atoms with Crippen molar-refractivity contribution in [3.8, 4) is 0 Å². The van der Waals surface area contributed by atoms with E-state index in [1.165, 1.54) is 0 Å². The summed E-state index contributed by atoms with van der Waals surface area (Å²) < 4.78 is 0. The number of hydrogen-bond acceptors (Lipinski definition) is 3. The van der Waals surface area contributed by atoms with Crippen LogP contribution in [0.1, 0.15) is 65.2 Å². The van der Waals surface area contributed by atoms with Gasteiger partial charge in [-0.1, -0.05) is 20.4 Å². The molecule has 4 saturated carbocycles. The molecule has 1 N–H and O–H groups in total. The van der Waals surface area contributed by atoms with Crippen LogP contribution >= 0.6 is 0 Å². The summed E-state index contributed by atoms with van der Waals surface area (Å²) in [6.07, 6.45) is 6.04. The Bertz CT molecular complexity index is 608. The molecule has 3 heteroatoms. The largest absolute Gasteiger partial charge is 0.384 e. The van der Waals surface area contributed by atoms with Crippen molar-refractivity contribution in [3.63, 3.8) is 0 Å². The molecule has 23 heavy (non-hydrogen) atoms. The topological polar surface area (TPSA) is 54.4 Å². The Morgan fingerprint density at radius 3 is 2.57 bits per heavy atom. The zero-order chi connectivity index (χ0) is 16.6. The number of ketones is 2. The van der Waals surface area contributed by atoms with Gasteiger partial charge >= 0.3 is 0 Å². The maximum Gasteiger partial charge on any atom is 0.139 e. The first-order chi connectivity index (χ1) is 10.7. The Kier molecular flexibility index (Phi) is 3.09. The van der Waals surface area contributed by atoms with Gasteiger partial charge in [0.1, 0.15) is 11.6 Å².